The van der Waals surface area contributed by atoms with Gasteiger partial charge in [-0.15, -0.1) is 0 Å². The number of aromatic nitrogens is 2. The molecule has 0 fully saturated rings. The van der Waals surface area contributed by atoms with Gasteiger partial charge in [0.2, 0.25) is 0 Å². The molecule has 29 heavy (non-hydrogen) atoms. The highest BCUT2D eigenvalue weighted by molar-refractivity contribution is 8.04. The zero-order valence-corrected chi connectivity index (χ0v) is 17.3. The lowest BCUT2D eigenvalue weighted by atomic mass is 10.1. The highest BCUT2D eigenvalue weighted by atomic mass is 32.2. The molecule has 0 saturated heterocycles. The van der Waals surface area contributed by atoms with Gasteiger partial charge in [0, 0.05) is 6.54 Å². The standard InChI is InChI=1S/C23H26N4OS/c28-23(20-16-19-17-26-21-11-6-12-22(29-20)27(19)21)25-15-5-4-13-24-14-7-10-18-8-2-1-3-9-18/h1-3,6,8-9,11-12,16-17,24H,4-5,7,10,13-15H2,(H,25,28). The van der Waals surface area contributed by atoms with Gasteiger partial charge in [0.15, 0.2) is 0 Å². The lowest BCUT2D eigenvalue weighted by molar-refractivity contribution is -0.116. The van der Waals surface area contributed by atoms with Gasteiger partial charge in [0.25, 0.3) is 5.91 Å². The van der Waals surface area contributed by atoms with E-state index in [1.165, 1.54) is 17.3 Å². The highest BCUT2D eigenvalue weighted by Gasteiger charge is 2.19. The van der Waals surface area contributed by atoms with Gasteiger partial charge in [-0.2, -0.15) is 0 Å². The molecule has 2 aromatic heterocycles. The van der Waals surface area contributed by atoms with Crippen LogP contribution in [-0.2, 0) is 11.2 Å². The predicted octanol–water partition coefficient (Wildman–Crippen LogP) is 3.90. The number of pyridine rings is 1. The molecule has 0 aliphatic carbocycles. The van der Waals surface area contributed by atoms with Crippen molar-refractivity contribution in [2.75, 3.05) is 19.6 Å². The fourth-order valence-corrected chi connectivity index (χ4v) is 4.46. The van der Waals surface area contributed by atoms with Crippen LogP contribution in [0, 0.1) is 0 Å². The Morgan fingerprint density at radius 1 is 0.966 bits per heavy atom. The number of hydrogen-bond acceptors (Lipinski definition) is 4. The molecule has 0 radical (unpaired) electrons. The summed E-state index contributed by atoms with van der Waals surface area (Å²) >= 11 is 1.50. The van der Waals surface area contributed by atoms with Crippen molar-refractivity contribution in [2.24, 2.45) is 0 Å². The van der Waals surface area contributed by atoms with Crippen LogP contribution in [0.2, 0.25) is 0 Å². The number of amides is 1. The Balaban J connectivity index is 1.11. The summed E-state index contributed by atoms with van der Waals surface area (Å²) in [6.07, 6.45) is 8.03. The summed E-state index contributed by atoms with van der Waals surface area (Å²) in [6.45, 7) is 2.72. The van der Waals surface area contributed by atoms with Gasteiger partial charge in [0.1, 0.15) is 5.65 Å². The first-order valence-electron chi connectivity index (χ1n) is 10.2. The highest BCUT2D eigenvalue weighted by Crippen LogP contribution is 2.34. The molecule has 0 spiro atoms. The Kier molecular flexibility index (Phi) is 6.64. The topological polar surface area (TPSA) is 58.4 Å². The van der Waals surface area contributed by atoms with Crippen LogP contribution in [0.15, 0.2) is 64.7 Å². The van der Waals surface area contributed by atoms with E-state index in [1.807, 2.05) is 30.5 Å². The molecule has 0 bridgehead atoms. The second-order valence-corrected chi connectivity index (χ2v) is 8.22. The summed E-state index contributed by atoms with van der Waals surface area (Å²) in [5.74, 6) is -0.00438. The molecular weight excluding hydrogens is 380 g/mol. The van der Waals surface area contributed by atoms with Crippen molar-refractivity contribution < 1.29 is 4.79 Å². The fourth-order valence-electron chi connectivity index (χ4n) is 3.45. The summed E-state index contributed by atoms with van der Waals surface area (Å²) < 4.78 is 2.07. The van der Waals surface area contributed by atoms with Crippen LogP contribution in [0.1, 0.15) is 30.5 Å². The number of carbonyl (C=O) groups is 1. The first-order chi connectivity index (χ1) is 14.3. The van der Waals surface area contributed by atoms with E-state index in [2.05, 4.69) is 50.4 Å². The summed E-state index contributed by atoms with van der Waals surface area (Å²) in [5.41, 5.74) is 3.27. The number of unbranched alkanes of at least 4 members (excludes halogenated alkanes) is 1. The Labute approximate surface area is 175 Å². The molecule has 150 valence electrons. The number of nitrogens with one attached hydrogen (secondary N) is 2. The van der Waals surface area contributed by atoms with Gasteiger partial charge in [-0.1, -0.05) is 48.2 Å². The number of rotatable bonds is 10. The van der Waals surface area contributed by atoms with Crippen LogP contribution in [0.4, 0.5) is 0 Å². The lowest BCUT2D eigenvalue weighted by Crippen LogP contribution is -2.26. The fraction of sp³-hybridized carbons (Fsp3) is 0.304. The number of nitrogens with zero attached hydrogens (tertiary/aromatic N) is 2. The van der Waals surface area contributed by atoms with E-state index >= 15 is 0 Å². The van der Waals surface area contributed by atoms with Gasteiger partial charge in [-0.3, -0.25) is 9.20 Å². The Morgan fingerprint density at radius 3 is 2.69 bits per heavy atom. The Bertz CT molecular complexity index is 997. The zero-order chi connectivity index (χ0) is 19.9. The third kappa shape index (κ3) is 5.08. The van der Waals surface area contributed by atoms with Crippen molar-refractivity contribution in [1.29, 1.82) is 0 Å². The maximum atomic E-state index is 12.5. The molecule has 0 saturated carbocycles. The van der Waals surface area contributed by atoms with Gasteiger partial charge in [0.05, 0.1) is 21.8 Å². The van der Waals surface area contributed by atoms with E-state index in [9.17, 15) is 4.79 Å². The minimum atomic E-state index is -0.00438. The molecule has 4 rings (SSSR count). The Morgan fingerprint density at radius 2 is 1.79 bits per heavy atom. The molecule has 6 heteroatoms. The molecule has 3 aromatic rings. The number of aryl methyl sites for hydroxylation is 1. The predicted molar refractivity (Wildman–Crippen MR) is 119 cm³/mol. The number of imidazole rings is 1. The number of benzene rings is 1. The first-order valence-corrected chi connectivity index (χ1v) is 11.0. The molecule has 0 atom stereocenters. The van der Waals surface area contributed by atoms with Gasteiger partial charge >= 0.3 is 0 Å². The van der Waals surface area contributed by atoms with Crippen LogP contribution in [0.3, 0.4) is 0 Å². The van der Waals surface area contributed by atoms with E-state index in [4.69, 9.17) is 0 Å². The van der Waals surface area contributed by atoms with E-state index in [-0.39, 0.29) is 5.91 Å². The van der Waals surface area contributed by atoms with Crippen LogP contribution in [0.5, 0.6) is 0 Å². The molecule has 1 aliphatic heterocycles. The van der Waals surface area contributed by atoms with Crippen molar-refractivity contribution in [1.82, 2.24) is 20.0 Å². The largest absolute Gasteiger partial charge is 0.352 e. The second kappa shape index (κ2) is 9.76. The lowest BCUT2D eigenvalue weighted by Gasteiger charge is -2.15. The van der Waals surface area contributed by atoms with Crippen molar-refractivity contribution in [2.45, 2.75) is 30.7 Å². The molecule has 1 amide bonds. The summed E-state index contributed by atoms with van der Waals surface area (Å²) in [5, 5.41) is 7.56. The summed E-state index contributed by atoms with van der Waals surface area (Å²) in [6, 6.07) is 16.6. The van der Waals surface area contributed by atoms with Gasteiger partial charge in [-0.05, 0) is 62.5 Å². The molecule has 1 aliphatic rings. The van der Waals surface area contributed by atoms with Crippen molar-refractivity contribution >= 4 is 29.4 Å². The molecular formula is C23H26N4OS. The van der Waals surface area contributed by atoms with Crippen molar-refractivity contribution in [3.05, 3.63) is 70.9 Å². The number of carbonyl (C=O) groups excluding carboxylic acids is 1. The maximum Gasteiger partial charge on any atom is 0.258 e. The van der Waals surface area contributed by atoms with Gasteiger partial charge in [-0.25, -0.2) is 4.98 Å². The quantitative estimate of drug-likeness (QED) is 0.502. The van der Waals surface area contributed by atoms with Crippen LogP contribution in [0.25, 0.3) is 11.7 Å². The summed E-state index contributed by atoms with van der Waals surface area (Å²) in [4.78, 5) is 17.6. The smallest absolute Gasteiger partial charge is 0.258 e. The van der Waals surface area contributed by atoms with E-state index in [0.717, 1.165) is 60.0 Å². The maximum absolute atomic E-state index is 12.5. The third-order valence-corrected chi connectivity index (χ3v) is 6.02. The average molecular weight is 407 g/mol. The third-order valence-electron chi connectivity index (χ3n) is 4.97. The zero-order valence-electron chi connectivity index (χ0n) is 16.4. The van der Waals surface area contributed by atoms with Crippen LogP contribution in [-0.4, -0.2) is 34.9 Å². The second-order valence-electron chi connectivity index (χ2n) is 7.15. The molecule has 5 nitrogen and oxygen atoms in total. The van der Waals surface area contributed by atoms with Crippen LogP contribution < -0.4 is 10.6 Å². The summed E-state index contributed by atoms with van der Waals surface area (Å²) in [7, 11) is 0. The number of thioether (sulfide) groups is 1. The minimum Gasteiger partial charge on any atom is -0.352 e. The molecule has 3 heterocycles. The number of hydrogen-bond donors (Lipinski definition) is 2. The first kappa shape index (κ1) is 19.7. The van der Waals surface area contributed by atoms with Gasteiger partial charge < -0.3 is 10.6 Å². The van der Waals surface area contributed by atoms with Crippen molar-refractivity contribution in [3.63, 3.8) is 0 Å². The van der Waals surface area contributed by atoms with Crippen molar-refractivity contribution in [3.8, 4) is 0 Å². The van der Waals surface area contributed by atoms with E-state index in [0.29, 0.717) is 6.54 Å². The molecule has 0 unspecified atom stereocenters. The molecule has 1 aromatic carbocycles. The Hall–Kier alpha value is -2.57. The average Bonchev–Trinajstić information content (AvgIpc) is 3.18. The molecule has 2 N–H and O–H groups in total. The van der Waals surface area contributed by atoms with E-state index < -0.39 is 0 Å². The van der Waals surface area contributed by atoms with Crippen LogP contribution >= 0.6 is 11.8 Å². The minimum absolute atomic E-state index is 0.00438. The SMILES string of the molecule is O=C(NCCCCNCCCc1ccccc1)C1=Cc2cnc3cccc(n23)S1. The normalized spacial score (nSPS) is 12.8. The van der Waals surface area contributed by atoms with E-state index in [1.54, 1.807) is 0 Å². The monoisotopic (exact) mass is 406 g/mol.